The van der Waals surface area contributed by atoms with Gasteiger partial charge < -0.3 is 5.32 Å². The summed E-state index contributed by atoms with van der Waals surface area (Å²) in [7, 11) is 0. The second kappa shape index (κ2) is 4.80. The van der Waals surface area contributed by atoms with Gasteiger partial charge in [-0.15, -0.1) is 0 Å². The van der Waals surface area contributed by atoms with Gasteiger partial charge in [-0.25, -0.2) is 0 Å². The molecule has 1 N–H and O–H groups in total. The first-order valence-corrected chi connectivity index (χ1v) is 6.03. The smallest absolute Gasteiger partial charge is 0.0210 e. The van der Waals surface area contributed by atoms with E-state index in [9.17, 15) is 0 Å². The first-order valence-electron chi connectivity index (χ1n) is 6.03. The summed E-state index contributed by atoms with van der Waals surface area (Å²) < 4.78 is 0. The van der Waals surface area contributed by atoms with E-state index in [1.54, 1.807) is 0 Å². The first kappa shape index (κ1) is 10.7. The highest BCUT2D eigenvalue weighted by Crippen LogP contribution is 2.31. The lowest BCUT2D eigenvalue weighted by molar-refractivity contribution is 0.610. The molecule has 0 radical (unpaired) electrons. The Bertz CT molecular complexity index is 306. The van der Waals surface area contributed by atoms with Crippen molar-refractivity contribution in [3.63, 3.8) is 0 Å². The Morgan fingerprint density at radius 3 is 2.47 bits per heavy atom. The van der Waals surface area contributed by atoms with Gasteiger partial charge in [0.15, 0.2) is 0 Å². The van der Waals surface area contributed by atoms with Crippen LogP contribution in [0.3, 0.4) is 0 Å². The minimum Gasteiger partial charge on any atom is -0.313 e. The highest BCUT2D eigenvalue weighted by molar-refractivity contribution is 5.33. The van der Waals surface area contributed by atoms with Crippen molar-refractivity contribution in [3.8, 4) is 0 Å². The van der Waals surface area contributed by atoms with Crippen molar-refractivity contribution >= 4 is 0 Å². The summed E-state index contributed by atoms with van der Waals surface area (Å²) in [5.41, 5.74) is 4.30. The zero-order valence-electron chi connectivity index (χ0n) is 9.84. The Kier molecular flexibility index (Phi) is 3.42. The van der Waals surface area contributed by atoms with Crippen LogP contribution in [0.1, 0.15) is 36.0 Å². The van der Waals surface area contributed by atoms with E-state index in [0.717, 1.165) is 12.5 Å². The molecule has 0 aliphatic heterocycles. The Balaban J connectivity index is 1.80. The molecule has 1 aliphatic rings. The maximum Gasteiger partial charge on any atom is 0.0210 e. The van der Waals surface area contributed by atoms with Gasteiger partial charge in [0.1, 0.15) is 0 Å². The monoisotopic (exact) mass is 203 g/mol. The largest absolute Gasteiger partial charge is 0.313 e. The fraction of sp³-hybridized carbons (Fsp3) is 0.571. The Hall–Kier alpha value is -0.820. The Morgan fingerprint density at radius 1 is 1.20 bits per heavy atom. The van der Waals surface area contributed by atoms with E-state index in [2.05, 4.69) is 37.4 Å². The minimum absolute atomic E-state index is 1.03. The summed E-state index contributed by atoms with van der Waals surface area (Å²) in [4.78, 5) is 0. The molecule has 0 amide bonds. The molecule has 0 bridgehead atoms. The van der Waals surface area contributed by atoms with Gasteiger partial charge in [0, 0.05) is 6.54 Å². The molecule has 0 spiro atoms. The Labute approximate surface area is 92.9 Å². The normalized spacial score (nSPS) is 15.6. The zero-order chi connectivity index (χ0) is 10.7. The molecule has 1 aromatic rings. The summed E-state index contributed by atoms with van der Waals surface area (Å²) in [5.74, 6) is 1.04. The molecule has 1 saturated carbocycles. The lowest BCUT2D eigenvalue weighted by Crippen LogP contribution is -2.16. The third kappa shape index (κ3) is 3.07. The fourth-order valence-corrected chi connectivity index (χ4v) is 2.05. The van der Waals surface area contributed by atoms with Crippen molar-refractivity contribution in [1.29, 1.82) is 0 Å². The molecule has 1 heteroatoms. The summed E-state index contributed by atoms with van der Waals surface area (Å²) in [6, 6.07) is 6.54. The summed E-state index contributed by atoms with van der Waals surface area (Å²) in [6.07, 6.45) is 4.29. The minimum atomic E-state index is 1.03. The number of rotatable bonds is 5. The molecule has 2 rings (SSSR count). The predicted molar refractivity (Wildman–Crippen MR) is 65.0 cm³/mol. The van der Waals surface area contributed by atoms with Crippen LogP contribution >= 0.6 is 0 Å². The van der Waals surface area contributed by atoms with Crippen LogP contribution < -0.4 is 5.32 Å². The van der Waals surface area contributed by atoms with Gasteiger partial charge in [-0.2, -0.15) is 0 Å². The van der Waals surface area contributed by atoms with E-state index < -0.39 is 0 Å². The van der Waals surface area contributed by atoms with Crippen LogP contribution in [0.15, 0.2) is 18.2 Å². The van der Waals surface area contributed by atoms with Gasteiger partial charge in [-0.3, -0.25) is 0 Å². The van der Waals surface area contributed by atoms with Crippen LogP contribution in [0.5, 0.6) is 0 Å². The van der Waals surface area contributed by atoms with Crippen molar-refractivity contribution < 1.29 is 0 Å². The van der Waals surface area contributed by atoms with Gasteiger partial charge in [0.25, 0.3) is 0 Å². The van der Waals surface area contributed by atoms with Crippen LogP contribution in [-0.4, -0.2) is 6.54 Å². The number of hydrogen-bond donors (Lipinski definition) is 1. The molecule has 0 unspecified atom stereocenters. The second-order valence-corrected chi connectivity index (χ2v) is 4.78. The molecule has 15 heavy (non-hydrogen) atoms. The number of benzene rings is 1. The number of nitrogens with one attached hydrogen (secondary N) is 1. The molecule has 0 heterocycles. The van der Waals surface area contributed by atoms with Crippen molar-refractivity contribution in [3.05, 3.63) is 34.9 Å². The van der Waals surface area contributed by atoms with Crippen LogP contribution in [-0.2, 0) is 6.54 Å². The average Bonchev–Trinajstić information content (AvgIpc) is 3.00. The molecular weight excluding hydrogens is 182 g/mol. The SMILES string of the molecule is Cc1cccc(C)c1CNCCC1CC1. The topological polar surface area (TPSA) is 12.0 Å². The summed E-state index contributed by atoms with van der Waals surface area (Å²) >= 11 is 0. The van der Waals surface area contributed by atoms with E-state index in [4.69, 9.17) is 0 Å². The molecule has 82 valence electrons. The highest BCUT2D eigenvalue weighted by atomic mass is 14.8. The maximum absolute atomic E-state index is 3.55. The van der Waals surface area contributed by atoms with Crippen LogP contribution in [0.4, 0.5) is 0 Å². The zero-order valence-corrected chi connectivity index (χ0v) is 9.84. The molecule has 1 fully saturated rings. The van der Waals surface area contributed by atoms with Gasteiger partial charge in [0.05, 0.1) is 0 Å². The summed E-state index contributed by atoms with van der Waals surface area (Å²) in [5, 5.41) is 3.55. The van der Waals surface area contributed by atoms with Crippen LogP contribution in [0.25, 0.3) is 0 Å². The van der Waals surface area contributed by atoms with Crippen molar-refractivity contribution in [1.82, 2.24) is 5.32 Å². The van der Waals surface area contributed by atoms with Crippen molar-refractivity contribution in [2.45, 2.75) is 39.7 Å². The standard InChI is InChI=1S/C14H21N/c1-11-4-3-5-12(2)14(11)10-15-9-8-13-6-7-13/h3-5,13,15H,6-10H2,1-2H3. The molecule has 1 nitrogen and oxygen atoms in total. The highest BCUT2D eigenvalue weighted by Gasteiger charge is 2.19. The maximum atomic E-state index is 3.55. The van der Waals surface area contributed by atoms with Crippen LogP contribution in [0.2, 0.25) is 0 Å². The molecular formula is C14H21N. The quantitative estimate of drug-likeness (QED) is 0.725. The molecule has 0 saturated heterocycles. The van der Waals surface area contributed by atoms with Crippen LogP contribution in [0, 0.1) is 19.8 Å². The van der Waals surface area contributed by atoms with Gasteiger partial charge in [0.2, 0.25) is 0 Å². The third-order valence-corrected chi connectivity index (χ3v) is 3.37. The van der Waals surface area contributed by atoms with E-state index in [1.165, 1.54) is 42.5 Å². The number of hydrogen-bond acceptors (Lipinski definition) is 1. The van der Waals surface area contributed by atoms with E-state index in [-0.39, 0.29) is 0 Å². The molecule has 1 aliphatic carbocycles. The van der Waals surface area contributed by atoms with E-state index >= 15 is 0 Å². The third-order valence-electron chi connectivity index (χ3n) is 3.37. The molecule has 0 aromatic heterocycles. The molecule has 1 aromatic carbocycles. The van der Waals surface area contributed by atoms with Gasteiger partial charge >= 0.3 is 0 Å². The average molecular weight is 203 g/mol. The Morgan fingerprint density at radius 2 is 1.87 bits per heavy atom. The summed E-state index contributed by atoms with van der Waals surface area (Å²) in [6.45, 7) is 6.61. The number of aryl methyl sites for hydroxylation is 2. The van der Waals surface area contributed by atoms with Crippen molar-refractivity contribution in [2.75, 3.05) is 6.54 Å². The first-order chi connectivity index (χ1) is 7.27. The predicted octanol–water partition coefficient (Wildman–Crippen LogP) is 3.19. The fourth-order valence-electron chi connectivity index (χ4n) is 2.05. The lowest BCUT2D eigenvalue weighted by Gasteiger charge is -2.10. The second-order valence-electron chi connectivity index (χ2n) is 4.78. The van der Waals surface area contributed by atoms with Gasteiger partial charge in [-0.1, -0.05) is 31.0 Å². The molecule has 0 atom stereocenters. The van der Waals surface area contributed by atoms with Gasteiger partial charge in [-0.05, 0) is 49.4 Å². The van der Waals surface area contributed by atoms with E-state index in [1.807, 2.05) is 0 Å². The van der Waals surface area contributed by atoms with E-state index in [0.29, 0.717) is 0 Å². The lowest BCUT2D eigenvalue weighted by atomic mass is 10.0. The van der Waals surface area contributed by atoms with Crippen molar-refractivity contribution in [2.24, 2.45) is 5.92 Å².